The van der Waals surface area contributed by atoms with Gasteiger partial charge in [-0.25, -0.2) is 14.4 Å². The Hall–Kier alpha value is -3.59. The molecule has 37 heavy (non-hydrogen) atoms. The van der Waals surface area contributed by atoms with Gasteiger partial charge in [-0.05, 0) is 66.8 Å². The number of carbonyl (C=O) groups is 2. The van der Waals surface area contributed by atoms with Crippen LogP contribution in [0, 0.1) is 17.2 Å². The molecule has 1 aromatic carbocycles. The Balaban J connectivity index is 1.26. The third kappa shape index (κ3) is 3.51. The molecule has 5 heterocycles. The van der Waals surface area contributed by atoms with Gasteiger partial charge in [0.05, 0.1) is 42.1 Å². The molecule has 4 aliphatic rings. The summed E-state index contributed by atoms with van der Waals surface area (Å²) >= 11 is 0. The van der Waals surface area contributed by atoms with Crippen LogP contribution in [-0.4, -0.2) is 33.2 Å². The van der Waals surface area contributed by atoms with Crippen LogP contribution >= 0.6 is 0 Å². The molecule has 1 saturated heterocycles. The third-order valence-electron chi connectivity index (χ3n) is 8.59. The number of hydrogen-bond donors (Lipinski definition) is 2. The quantitative estimate of drug-likeness (QED) is 0.543. The molecule has 9 heteroatoms. The maximum absolute atomic E-state index is 15.2. The van der Waals surface area contributed by atoms with E-state index < -0.39 is 5.82 Å². The number of pyridine rings is 2. The molecule has 1 aliphatic carbocycles. The number of fused-ring (bicyclic) bond motifs is 4. The lowest BCUT2D eigenvalue weighted by Crippen LogP contribution is -2.42. The number of rotatable bonds is 2. The fraction of sp³-hybridized carbons (Fsp3) is 0.429. The van der Waals surface area contributed by atoms with Crippen molar-refractivity contribution >= 4 is 34.2 Å². The molecule has 2 aromatic heterocycles. The van der Waals surface area contributed by atoms with E-state index in [-0.39, 0.29) is 29.0 Å². The van der Waals surface area contributed by atoms with Crippen LogP contribution in [0.5, 0.6) is 0 Å². The molecule has 3 aromatic rings. The smallest absolute Gasteiger partial charge is 0.272 e. The number of halogens is 1. The van der Waals surface area contributed by atoms with Gasteiger partial charge in [0.1, 0.15) is 17.3 Å². The van der Waals surface area contributed by atoms with Crippen LogP contribution < -0.4 is 11.1 Å². The summed E-state index contributed by atoms with van der Waals surface area (Å²) in [7, 11) is 0. The van der Waals surface area contributed by atoms with Crippen molar-refractivity contribution in [3.05, 3.63) is 58.2 Å². The zero-order valence-electron chi connectivity index (χ0n) is 20.6. The van der Waals surface area contributed by atoms with Crippen LogP contribution in [0.4, 0.5) is 15.9 Å². The monoisotopic (exact) mass is 501 g/mol. The normalized spacial score (nSPS) is 23.6. The summed E-state index contributed by atoms with van der Waals surface area (Å²) in [5.41, 5.74) is 10.4. The number of hydrogen-bond acceptors (Lipinski definition) is 6. The van der Waals surface area contributed by atoms with Crippen molar-refractivity contribution in [2.75, 3.05) is 17.6 Å². The van der Waals surface area contributed by atoms with E-state index >= 15 is 4.39 Å². The van der Waals surface area contributed by atoms with Gasteiger partial charge in [0.25, 0.3) is 5.91 Å². The Morgan fingerprint density at radius 1 is 1.22 bits per heavy atom. The van der Waals surface area contributed by atoms with Crippen molar-refractivity contribution in [3.8, 4) is 0 Å². The number of nitrogens with one attached hydrogen (secondary N) is 1. The summed E-state index contributed by atoms with van der Waals surface area (Å²) in [6.45, 7) is 3.52. The Morgan fingerprint density at radius 2 is 2.03 bits per heavy atom. The molecule has 2 fully saturated rings. The Labute approximate surface area is 213 Å². The molecule has 8 nitrogen and oxygen atoms in total. The number of aromatic nitrogens is 2. The Bertz CT molecular complexity index is 1500. The maximum atomic E-state index is 15.2. The summed E-state index contributed by atoms with van der Waals surface area (Å²) in [5.74, 6) is 0.0459. The second-order valence-corrected chi connectivity index (χ2v) is 11.1. The molecule has 3 N–H and O–H groups in total. The fourth-order valence-electron chi connectivity index (χ4n) is 6.27. The summed E-state index contributed by atoms with van der Waals surface area (Å²) in [4.78, 5) is 37.1. The molecule has 1 spiro atoms. The van der Waals surface area contributed by atoms with Crippen molar-refractivity contribution in [1.29, 1.82) is 0 Å². The van der Waals surface area contributed by atoms with E-state index in [1.807, 2.05) is 11.0 Å². The first-order valence-corrected chi connectivity index (χ1v) is 12.9. The Kier molecular flexibility index (Phi) is 4.86. The average Bonchev–Trinajstić information content (AvgIpc) is 3.47. The second-order valence-electron chi connectivity index (χ2n) is 11.1. The number of nitrogens with zero attached hydrogens (tertiary/aromatic N) is 3. The number of anilines is 2. The number of carbonyl (C=O) groups excluding carboxylic acids is 2. The van der Waals surface area contributed by atoms with Gasteiger partial charge >= 0.3 is 0 Å². The van der Waals surface area contributed by atoms with Crippen LogP contribution in [0.25, 0.3) is 10.9 Å². The predicted molar refractivity (Wildman–Crippen MR) is 135 cm³/mol. The van der Waals surface area contributed by atoms with Crippen LogP contribution in [-0.2, 0) is 29.2 Å². The third-order valence-corrected chi connectivity index (χ3v) is 8.59. The summed E-state index contributed by atoms with van der Waals surface area (Å²) < 4.78 is 20.8. The minimum atomic E-state index is -0.439. The SMILES string of the molecule is C[C@H]1CCC(c2cc(F)c3c(c2)CC2(CC2)C(=O)N3)N(C(=O)c2cc3c4c(c(N)nc3cn2)COC4)C1. The molecule has 1 unspecified atom stereocenters. The van der Waals surface area contributed by atoms with Crippen molar-refractivity contribution in [3.63, 3.8) is 0 Å². The topological polar surface area (TPSA) is 110 Å². The standard InChI is InChI=1S/C28H28FN5O3/c1-14-2-3-23(15-6-16-9-28(4-5-28)27(36)33-24(16)20(29)7-15)34(11-14)26(35)21-8-17-18-12-37-13-19(18)25(30)32-22(17)10-31-21/h6-8,10,14,23H,2-5,9,11-13H2,1H3,(H2,30,32)(H,33,36)/t14-,23?/m0/s1. The number of ether oxygens (including phenoxy) is 1. The zero-order valence-corrected chi connectivity index (χ0v) is 20.6. The first kappa shape index (κ1) is 22.6. The fourth-order valence-corrected chi connectivity index (χ4v) is 6.27. The van der Waals surface area contributed by atoms with E-state index in [2.05, 4.69) is 22.2 Å². The molecule has 2 amide bonds. The van der Waals surface area contributed by atoms with Gasteiger partial charge in [0.2, 0.25) is 5.91 Å². The van der Waals surface area contributed by atoms with Gasteiger partial charge in [0.15, 0.2) is 0 Å². The van der Waals surface area contributed by atoms with E-state index in [0.29, 0.717) is 49.1 Å². The lowest BCUT2D eigenvalue weighted by atomic mass is 9.85. The molecule has 1 saturated carbocycles. The molecule has 7 rings (SSSR count). The summed E-state index contributed by atoms with van der Waals surface area (Å²) in [6, 6.07) is 4.99. The number of nitrogens with two attached hydrogens (primary N) is 1. The van der Waals surface area contributed by atoms with Gasteiger partial charge < -0.3 is 20.7 Å². The van der Waals surface area contributed by atoms with Crippen molar-refractivity contribution in [2.24, 2.45) is 11.3 Å². The minimum Gasteiger partial charge on any atom is -0.383 e. The molecule has 2 atom stereocenters. The van der Waals surface area contributed by atoms with E-state index in [4.69, 9.17) is 10.5 Å². The van der Waals surface area contributed by atoms with E-state index in [9.17, 15) is 9.59 Å². The van der Waals surface area contributed by atoms with Crippen LogP contribution in [0.3, 0.4) is 0 Å². The molecule has 0 radical (unpaired) electrons. The van der Waals surface area contributed by atoms with Crippen molar-refractivity contribution < 1.29 is 18.7 Å². The van der Waals surface area contributed by atoms with Crippen molar-refractivity contribution in [2.45, 2.75) is 58.3 Å². The van der Waals surface area contributed by atoms with Crippen LogP contribution in [0.15, 0.2) is 24.4 Å². The Morgan fingerprint density at radius 3 is 2.84 bits per heavy atom. The van der Waals surface area contributed by atoms with Gasteiger partial charge in [-0.2, -0.15) is 0 Å². The number of piperidine rings is 1. The number of likely N-dealkylation sites (tertiary alicyclic amines) is 1. The van der Waals surface area contributed by atoms with E-state index in [1.54, 1.807) is 12.3 Å². The first-order chi connectivity index (χ1) is 17.8. The number of benzene rings is 1. The largest absolute Gasteiger partial charge is 0.383 e. The average molecular weight is 502 g/mol. The predicted octanol–water partition coefficient (Wildman–Crippen LogP) is 4.27. The number of amides is 2. The highest BCUT2D eigenvalue weighted by atomic mass is 19.1. The van der Waals surface area contributed by atoms with E-state index in [1.165, 1.54) is 6.07 Å². The van der Waals surface area contributed by atoms with Gasteiger partial charge in [-0.1, -0.05) is 13.0 Å². The zero-order chi connectivity index (χ0) is 25.5. The van der Waals surface area contributed by atoms with Gasteiger partial charge in [0, 0.05) is 17.5 Å². The summed E-state index contributed by atoms with van der Waals surface area (Å²) in [5, 5.41) is 3.62. The maximum Gasteiger partial charge on any atom is 0.272 e. The van der Waals surface area contributed by atoms with Crippen LogP contribution in [0.2, 0.25) is 0 Å². The highest BCUT2D eigenvalue weighted by Crippen LogP contribution is 2.53. The summed E-state index contributed by atoms with van der Waals surface area (Å²) in [6.07, 6.45) is 5.48. The minimum absolute atomic E-state index is 0.0783. The first-order valence-electron chi connectivity index (χ1n) is 12.9. The molecular formula is C28H28FN5O3. The second kappa shape index (κ2) is 7.95. The molecule has 3 aliphatic heterocycles. The van der Waals surface area contributed by atoms with E-state index in [0.717, 1.165) is 53.3 Å². The van der Waals surface area contributed by atoms with Crippen LogP contribution in [0.1, 0.15) is 71.4 Å². The van der Waals surface area contributed by atoms with Crippen molar-refractivity contribution in [1.82, 2.24) is 14.9 Å². The molecular weight excluding hydrogens is 473 g/mol. The van der Waals surface area contributed by atoms with Gasteiger partial charge in [-0.3, -0.25) is 9.59 Å². The molecule has 0 bridgehead atoms. The van der Waals surface area contributed by atoms with Gasteiger partial charge in [-0.15, -0.1) is 0 Å². The lowest BCUT2D eigenvalue weighted by Gasteiger charge is -2.39. The lowest BCUT2D eigenvalue weighted by molar-refractivity contribution is -0.121. The highest BCUT2D eigenvalue weighted by Gasteiger charge is 2.52. The molecule has 190 valence electrons. The number of nitrogen functional groups attached to an aromatic ring is 1. The highest BCUT2D eigenvalue weighted by molar-refractivity contribution is 6.00.